The summed E-state index contributed by atoms with van der Waals surface area (Å²) in [6.07, 6.45) is -5.01. The topological polar surface area (TPSA) is 37.3 Å². The van der Waals surface area contributed by atoms with Crippen LogP contribution in [0.4, 0.5) is 17.6 Å². The monoisotopic (exact) mass is 254 g/mol. The van der Waals surface area contributed by atoms with E-state index in [1.54, 1.807) is 0 Å². The molecule has 88 valence electrons. The van der Waals surface area contributed by atoms with Crippen molar-refractivity contribution < 1.29 is 27.0 Å². The molecule has 16 heavy (non-hydrogen) atoms. The molecule has 1 rings (SSSR count). The number of rotatable bonds is 2. The Bertz CT molecular complexity index is 453. The third-order valence-corrected chi connectivity index (χ3v) is 3.21. The molecule has 1 N–H and O–H groups in total. The van der Waals surface area contributed by atoms with Crippen LogP contribution in [0.5, 0.6) is 0 Å². The van der Waals surface area contributed by atoms with Gasteiger partial charge < -0.3 is 4.89 Å². The summed E-state index contributed by atoms with van der Waals surface area (Å²) in [5, 5.41) is -0.381. The molecule has 1 unspecified atom stereocenters. The van der Waals surface area contributed by atoms with E-state index in [0.29, 0.717) is 0 Å². The minimum absolute atomic E-state index is 0.141. The minimum atomic E-state index is -4.67. The van der Waals surface area contributed by atoms with Crippen molar-refractivity contribution in [1.82, 2.24) is 0 Å². The van der Waals surface area contributed by atoms with Crippen LogP contribution in [0.1, 0.15) is 0 Å². The van der Waals surface area contributed by atoms with Crippen LogP contribution in [0, 0.1) is 5.82 Å². The van der Waals surface area contributed by atoms with Crippen molar-refractivity contribution in [3.8, 4) is 0 Å². The molecule has 1 aromatic carbocycles. The van der Waals surface area contributed by atoms with E-state index in [2.05, 4.69) is 0 Å². The summed E-state index contributed by atoms with van der Waals surface area (Å²) in [7, 11) is -4.31. The quantitative estimate of drug-likeness (QED) is 0.650. The summed E-state index contributed by atoms with van der Waals surface area (Å²) >= 11 is 0. The predicted octanol–water partition coefficient (Wildman–Crippen LogP) is 2.80. The third kappa shape index (κ3) is 3.79. The lowest BCUT2D eigenvalue weighted by atomic mass is 10.4. The van der Waals surface area contributed by atoms with Gasteiger partial charge in [-0.15, -0.1) is 0 Å². The molecule has 0 fully saturated rings. The summed E-state index contributed by atoms with van der Waals surface area (Å²) in [4.78, 5) is 9.28. The van der Waals surface area contributed by atoms with Gasteiger partial charge in [0, 0.05) is 17.2 Å². The van der Waals surface area contributed by atoms with Crippen molar-refractivity contribution in [1.29, 1.82) is 0 Å². The highest BCUT2D eigenvalue weighted by molar-refractivity contribution is 7.69. The van der Waals surface area contributed by atoms with E-state index in [-0.39, 0.29) is 17.2 Å². The van der Waals surface area contributed by atoms with Gasteiger partial charge in [0.15, 0.2) is 0 Å². The molecule has 7 heteroatoms. The molecule has 0 saturated heterocycles. The fraction of sp³-hybridized carbons (Fsp3) is 0.111. The second-order valence-electron chi connectivity index (χ2n) is 2.96. The van der Waals surface area contributed by atoms with Gasteiger partial charge in [-0.3, -0.25) is 4.57 Å². The Balaban J connectivity index is 3.03. The van der Waals surface area contributed by atoms with Crippen molar-refractivity contribution in [3.63, 3.8) is 0 Å². The predicted molar refractivity (Wildman–Crippen MR) is 51.1 cm³/mol. The highest BCUT2D eigenvalue weighted by atomic mass is 31.2. The first-order chi connectivity index (χ1) is 7.21. The van der Waals surface area contributed by atoms with Crippen LogP contribution in [0.3, 0.4) is 0 Å². The van der Waals surface area contributed by atoms with Crippen LogP contribution in [-0.2, 0) is 4.57 Å². The average Bonchev–Trinajstić information content (AvgIpc) is 2.14. The fourth-order valence-electron chi connectivity index (χ4n) is 0.947. The average molecular weight is 254 g/mol. The fourth-order valence-corrected chi connectivity index (χ4v) is 2.10. The highest BCUT2D eigenvalue weighted by Crippen LogP contribution is 2.42. The van der Waals surface area contributed by atoms with E-state index in [0.717, 1.165) is 24.3 Å². The lowest BCUT2D eigenvalue weighted by Gasteiger charge is -2.07. The molecule has 0 saturated carbocycles. The first-order valence-corrected chi connectivity index (χ1v) is 5.79. The van der Waals surface area contributed by atoms with Gasteiger partial charge in [-0.1, -0.05) is 6.07 Å². The molecule has 0 amide bonds. The molecule has 0 bridgehead atoms. The van der Waals surface area contributed by atoms with Crippen molar-refractivity contribution in [2.45, 2.75) is 6.18 Å². The van der Waals surface area contributed by atoms with Crippen molar-refractivity contribution in [2.24, 2.45) is 0 Å². The Morgan fingerprint density at radius 3 is 2.44 bits per heavy atom. The maximum absolute atomic E-state index is 12.7. The van der Waals surface area contributed by atoms with E-state index < -0.39 is 19.4 Å². The number of halogens is 4. The van der Waals surface area contributed by atoms with Crippen molar-refractivity contribution in [3.05, 3.63) is 42.0 Å². The first-order valence-electron chi connectivity index (χ1n) is 4.06. The molecule has 0 spiro atoms. The Hall–Kier alpha value is -1.13. The Morgan fingerprint density at radius 2 is 1.94 bits per heavy atom. The van der Waals surface area contributed by atoms with E-state index in [9.17, 15) is 27.0 Å². The van der Waals surface area contributed by atoms with Crippen molar-refractivity contribution >= 4 is 12.7 Å². The standard InChI is InChI=1S/C9H7F4O2P/c10-7-2-1-3-8(6-7)16(14,15)5-4-9(11,12)13/h1-6H,(H,14,15). The zero-order valence-corrected chi connectivity index (χ0v) is 8.67. The van der Waals surface area contributed by atoms with Gasteiger partial charge in [0.2, 0.25) is 0 Å². The third-order valence-electron chi connectivity index (χ3n) is 1.64. The van der Waals surface area contributed by atoms with E-state index >= 15 is 0 Å². The minimum Gasteiger partial charge on any atom is -0.338 e. The van der Waals surface area contributed by atoms with E-state index in [1.165, 1.54) is 0 Å². The highest BCUT2D eigenvalue weighted by Gasteiger charge is 2.26. The normalized spacial score (nSPS) is 16.3. The molecule has 0 aromatic heterocycles. The number of hydrogen-bond acceptors (Lipinski definition) is 1. The lowest BCUT2D eigenvalue weighted by Crippen LogP contribution is -2.05. The second kappa shape index (κ2) is 4.39. The van der Waals surface area contributed by atoms with Gasteiger partial charge in [-0.2, -0.15) is 13.2 Å². The maximum Gasteiger partial charge on any atom is 0.409 e. The molecule has 1 atom stereocenters. The van der Waals surface area contributed by atoms with Crippen LogP contribution in [-0.4, -0.2) is 11.1 Å². The van der Waals surface area contributed by atoms with E-state index in [1.807, 2.05) is 0 Å². The molecular weight excluding hydrogens is 247 g/mol. The number of allylic oxidation sites excluding steroid dienone is 1. The molecule has 2 nitrogen and oxygen atoms in total. The molecule has 0 aliphatic heterocycles. The SMILES string of the molecule is O=P(O)(C=CC(F)(F)F)c1cccc(F)c1. The zero-order valence-electron chi connectivity index (χ0n) is 7.78. The Labute approximate surface area is 88.7 Å². The second-order valence-corrected chi connectivity index (χ2v) is 5.02. The van der Waals surface area contributed by atoms with Crippen LogP contribution in [0.2, 0.25) is 0 Å². The largest absolute Gasteiger partial charge is 0.409 e. The molecule has 0 aliphatic rings. The van der Waals surface area contributed by atoms with Crippen LogP contribution in [0.15, 0.2) is 36.2 Å². The van der Waals surface area contributed by atoms with Crippen LogP contribution < -0.4 is 5.30 Å². The van der Waals surface area contributed by atoms with Gasteiger partial charge in [0.25, 0.3) is 7.37 Å². The smallest absolute Gasteiger partial charge is 0.338 e. The number of benzene rings is 1. The summed E-state index contributed by atoms with van der Waals surface area (Å²) in [5.74, 6) is -0.644. The van der Waals surface area contributed by atoms with Crippen molar-refractivity contribution in [2.75, 3.05) is 0 Å². The molecule has 0 aliphatic carbocycles. The van der Waals surface area contributed by atoms with Gasteiger partial charge in [0.05, 0.1) is 0 Å². The maximum atomic E-state index is 12.7. The van der Waals surface area contributed by atoms with Crippen LogP contribution >= 0.6 is 7.37 Å². The molecular formula is C9H7F4O2P. The van der Waals surface area contributed by atoms with Gasteiger partial charge >= 0.3 is 6.18 Å². The van der Waals surface area contributed by atoms with E-state index in [4.69, 9.17) is 0 Å². The Kier molecular flexibility index (Phi) is 3.55. The summed E-state index contributed by atoms with van der Waals surface area (Å²) in [6, 6.07) is 3.98. The molecule has 0 radical (unpaired) electrons. The van der Waals surface area contributed by atoms with Crippen LogP contribution in [0.25, 0.3) is 0 Å². The lowest BCUT2D eigenvalue weighted by molar-refractivity contribution is -0.0797. The summed E-state index contributed by atoms with van der Waals surface area (Å²) < 4.78 is 59.5. The molecule has 1 aromatic rings. The first kappa shape index (κ1) is 12.9. The van der Waals surface area contributed by atoms with Gasteiger partial charge in [-0.25, -0.2) is 4.39 Å². The summed E-state index contributed by atoms with van der Waals surface area (Å²) in [5.41, 5.74) is 0. The Morgan fingerprint density at radius 1 is 1.31 bits per heavy atom. The van der Waals surface area contributed by atoms with Gasteiger partial charge in [-0.05, 0) is 18.2 Å². The number of alkyl halides is 3. The zero-order chi connectivity index (χ0) is 12.4. The van der Waals surface area contributed by atoms with Gasteiger partial charge in [0.1, 0.15) is 5.82 Å². The number of hydrogen-bond donors (Lipinski definition) is 1. The summed E-state index contributed by atoms with van der Waals surface area (Å²) in [6.45, 7) is 0. The molecule has 0 heterocycles.